The molecular weight excluding hydrogens is 477 g/mol. The number of carbonyl (C=O) groups excluding carboxylic acids is 1. The first-order valence-electron chi connectivity index (χ1n) is 10.3. The fraction of sp³-hybridized carbons (Fsp3) is 0.273. The molecule has 2 N–H and O–H groups in total. The number of pyridine rings is 1. The van der Waals surface area contributed by atoms with Gasteiger partial charge in [0.25, 0.3) is 0 Å². The molecule has 1 aliphatic rings. The zero-order valence-electron chi connectivity index (χ0n) is 17.4. The van der Waals surface area contributed by atoms with Crippen LogP contribution in [0.4, 0.5) is 10.2 Å². The number of halogens is 2. The molecule has 0 atom stereocenters. The average Bonchev–Trinajstić information content (AvgIpc) is 3.21. The average molecular weight is 498 g/mol. The lowest BCUT2D eigenvalue weighted by atomic mass is 10.1. The lowest BCUT2D eigenvalue weighted by Gasteiger charge is -2.34. The van der Waals surface area contributed by atoms with Crippen molar-refractivity contribution in [1.29, 1.82) is 0 Å². The molecule has 1 amide bonds. The van der Waals surface area contributed by atoms with Gasteiger partial charge in [0, 0.05) is 62.4 Å². The quantitative estimate of drug-likeness (QED) is 0.467. The molecule has 10 heteroatoms. The molecule has 1 aliphatic heterocycles. The van der Waals surface area contributed by atoms with Crippen LogP contribution in [0.1, 0.15) is 12.6 Å². The number of hydrogen-bond donors (Lipinski definition) is 1. The van der Waals surface area contributed by atoms with Crippen LogP contribution in [0.5, 0.6) is 0 Å². The fourth-order valence-corrected chi connectivity index (χ4v) is 4.42. The van der Waals surface area contributed by atoms with Gasteiger partial charge in [-0.2, -0.15) is 9.61 Å². The molecule has 164 valence electrons. The first-order valence-corrected chi connectivity index (χ1v) is 11.0. The van der Waals surface area contributed by atoms with Gasteiger partial charge in [0.1, 0.15) is 11.6 Å². The minimum atomic E-state index is -0.310. The van der Waals surface area contributed by atoms with Gasteiger partial charge < -0.3 is 10.6 Å². The van der Waals surface area contributed by atoms with Crippen molar-refractivity contribution in [3.8, 4) is 11.1 Å². The highest BCUT2D eigenvalue weighted by molar-refractivity contribution is 9.10. The number of benzene rings is 1. The standard InChI is InChI=1S/C22H21BrFN7O/c1-13(32)30-6-4-29(5-7-30)12-19-20(23)21(25)31-22(28-19)17(11-27-31)15-8-14-9-16(24)2-3-18(14)26-10-15/h2-3,8-11H,4-7,12,25H2,1H3. The monoisotopic (exact) mass is 497 g/mol. The highest BCUT2D eigenvalue weighted by Crippen LogP contribution is 2.31. The van der Waals surface area contributed by atoms with E-state index in [2.05, 4.69) is 30.9 Å². The van der Waals surface area contributed by atoms with Gasteiger partial charge in [0.2, 0.25) is 5.91 Å². The number of nitrogens with two attached hydrogens (primary N) is 1. The van der Waals surface area contributed by atoms with Gasteiger partial charge in [0.05, 0.1) is 21.9 Å². The van der Waals surface area contributed by atoms with E-state index in [0.717, 1.165) is 29.9 Å². The van der Waals surface area contributed by atoms with Crippen molar-refractivity contribution in [2.24, 2.45) is 0 Å². The molecule has 1 saturated heterocycles. The fourth-order valence-electron chi connectivity index (χ4n) is 4.03. The molecule has 5 rings (SSSR count). The topological polar surface area (TPSA) is 92.7 Å². The van der Waals surface area contributed by atoms with Crippen LogP contribution in [0, 0.1) is 5.82 Å². The van der Waals surface area contributed by atoms with Crippen molar-refractivity contribution in [3.05, 3.63) is 52.6 Å². The van der Waals surface area contributed by atoms with Crippen molar-refractivity contribution in [1.82, 2.24) is 29.4 Å². The van der Waals surface area contributed by atoms with Gasteiger partial charge >= 0.3 is 0 Å². The predicted octanol–water partition coefficient (Wildman–Crippen LogP) is 3.09. The van der Waals surface area contributed by atoms with Crippen molar-refractivity contribution >= 4 is 44.2 Å². The summed E-state index contributed by atoms with van der Waals surface area (Å²) in [4.78, 5) is 25.0. The van der Waals surface area contributed by atoms with Gasteiger partial charge in [-0.3, -0.25) is 14.7 Å². The van der Waals surface area contributed by atoms with E-state index in [-0.39, 0.29) is 11.7 Å². The molecule has 0 aliphatic carbocycles. The van der Waals surface area contributed by atoms with E-state index in [9.17, 15) is 9.18 Å². The summed E-state index contributed by atoms with van der Waals surface area (Å²) in [5.74, 6) is 0.246. The largest absolute Gasteiger partial charge is 0.383 e. The van der Waals surface area contributed by atoms with Crippen molar-refractivity contribution in [2.75, 3.05) is 31.9 Å². The Bertz CT molecular complexity index is 1350. The number of hydrogen-bond acceptors (Lipinski definition) is 6. The summed E-state index contributed by atoms with van der Waals surface area (Å²) in [6, 6.07) is 6.39. The smallest absolute Gasteiger partial charge is 0.219 e. The molecule has 0 unspecified atom stereocenters. The highest BCUT2D eigenvalue weighted by atomic mass is 79.9. The second-order valence-electron chi connectivity index (χ2n) is 7.89. The van der Waals surface area contributed by atoms with Crippen LogP contribution in [-0.4, -0.2) is 61.5 Å². The minimum absolute atomic E-state index is 0.0994. The minimum Gasteiger partial charge on any atom is -0.383 e. The second kappa shape index (κ2) is 8.10. The number of nitrogen functional groups attached to an aromatic ring is 1. The molecule has 0 radical (unpaired) electrons. The number of aromatic nitrogens is 4. The van der Waals surface area contributed by atoms with E-state index >= 15 is 0 Å². The first kappa shape index (κ1) is 20.8. The molecule has 0 spiro atoms. The Hall–Kier alpha value is -3.11. The maximum Gasteiger partial charge on any atom is 0.219 e. The Morgan fingerprint density at radius 2 is 1.97 bits per heavy atom. The van der Waals surface area contributed by atoms with Crippen molar-refractivity contribution in [2.45, 2.75) is 13.5 Å². The number of carbonyl (C=O) groups is 1. The third-order valence-electron chi connectivity index (χ3n) is 5.84. The zero-order chi connectivity index (χ0) is 22.4. The van der Waals surface area contributed by atoms with Gasteiger partial charge in [-0.25, -0.2) is 9.37 Å². The molecule has 1 fully saturated rings. The van der Waals surface area contributed by atoms with Gasteiger partial charge in [0.15, 0.2) is 5.65 Å². The van der Waals surface area contributed by atoms with E-state index < -0.39 is 0 Å². The maximum absolute atomic E-state index is 13.7. The molecule has 32 heavy (non-hydrogen) atoms. The molecule has 8 nitrogen and oxygen atoms in total. The van der Waals surface area contributed by atoms with E-state index in [1.807, 2.05) is 11.0 Å². The number of rotatable bonds is 3. The SMILES string of the molecule is CC(=O)N1CCN(Cc2nc3c(-c4cnc5ccc(F)cc5c4)cnn3c(N)c2Br)CC1. The molecule has 4 aromatic rings. The zero-order valence-corrected chi connectivity index (χ0v) is 19.0. The highest BCUT2D eigenvalue weighted by Gasteiger charge is 2.22. The number of nitrogens with zero attached hydrogens (tertiary/aromatic N) is 6. The molecular formula is C22H21BrFN7O. The number of piperazine rings is 1. The van der Waals surface area contributed by atoms with Crippen LogP contribution >= 0.6 is 15.9 Å². The summed E-state index contributed by atoms with van der Waals surface area (Å²) in [5, 5.41) is 5.11. The van der Waals surface area contributed by atoms with E-state index in [1.165, 1.54) is 12.1 Å². The number of anilines is 1. The summed E-state index contributed by atoms with van der Waals surface area (Å²) < 4.78 is 16.0. The Morgan fingerprint density at radius 3 is 2.72 bits per heavy atom. The Balaban J connectivity index is 1.51. The second-order valence-corrected chi connectivity index (χ2v) is 8.69. The van der Waals surface area contributed by atoms with Gasteiger partial charge in [-0.05, 0) is 40.2 Å². The van der Waals surface area contributed by atoms with E-state index in [4.69, 9.17) is 10.7 Å². The van der Waals surface area contributed by atoms with E-state index in [0.29, 0.717) is 46.5 Å². The van der Waals surface area contributed by atoms with Gasteiger partial charge in [-0.15, -0.1) is 0 Å². The summed E-state index contributed by atoms with van der Waals surface area (Å²) in [5.41, 5.74) is 10.0. The van der Waals surface area contributed by atoms with Crippen LogP contribution in [0.2, 0.25) is 0 Å². The Labute approximate surface area is 192 Å². The van der Waals surface area contributed by atoms with Crippen molar-refractivity contribution < 1.29 is 9.18 Å². The normalized spacial score (nSPS) is 15.0. The molecule has 0 saturated carbocycles. The van der Waals surface area contributed by atoms with Crippen LogP contribution < -0.4 is 5.73 Å². The summed E-state index contributed by atoms with van der Waals surface area (Å²) >= 11 is 3.58. The number of amides is 1. The number of fused-ring (bicyclic) bond motifs is 2. The predicted molar refractivity (Wildman–Crippen MR) is 123 cm³/mol. The van der Waals surface area contributed by atoms with Gasteiger partial charge in [-0.1, -0.05) is 0 Å². The summed E-state index contributed by atoms with van der Waals surface area (Å²) in [7, 11) is 0. The lowest BCUT2D eigenvalue weighted by Crippen LogP contribution is -2.47. The lowest BCUT2D eigenvalue weighted by molar-refractivity contribution is -0.130. The molecule has 3 aromatic heterocycles. The molecule has 0 bridgehead atoms. The Kier molecular flexibility index (Phi) is 5.26. The third-order valence-corrected chi connectivity index (χ3v) is 6.70. The van der Waals surface area contributed by atoms with E-state index in [1.54, 1.807) is 29.9 Å². The van der Waals surface area contributed by atoms with Crippen LogP contribution in [0.3, 0.4) is 0 Å². The molecule has 4 heterocycles. The van der Waals surface area contributed by atoms with Crippen LogP contribution in [0.15, 0.2) is 41.1 Å². The Morgan fingerprint density at radius 1 is 1.19 bits per heavy atom. The first-order chi connectivity index (χ1) is 15.4. The van der Waals surface area contributed by atoms with Crippen molar-refractivity contribution in [3.63, 3.8) is 0 Å². The maximum atomic E-state index is 13.7. The summed E-state index contributed by atoms with van der Waals surface area (Å²) in [6.07, 6.45) is 3.43. The van der Waals surface area contributed by atoms with Crippen LogP contribution in [-0.2, 0) is 11.3 Å². The van der Waals surface area contributed by atoms with Crippen LogP contribution in [0.25, 0.3) is 27.7 Å². The summed E-state index contributed by atoms with van der Waals surface area (Å²) in [6.45, 7) is 5.12. The third kappa shape index (κ3) is 3.69. The molecule has 1 aromatic carbocycles.